The number of hydrogen-bond donors (Lipinski definition) is 1. The number of amides is 1. The third-order valence-electron chi connectivity index (χ3n) is 5.53. The molecule has 0 fully saturated rings. The largest absolute Gasteiger partial charge is 0.435 e. The summed E-state index contributed by atoms with van der Waals surface area (Å²) in [6.07, 6.45) is 5.35. The highest BCUT2D eigenvalue weighted by atomic mass is 19.1. The van der Waals surface area contributed by atoms with Crippen LogP contribution in [0.15, 0.2) is 65.6 Å². The van der Waals surface area contributed by atoms with Crippen LogP contribution in [0.1, 0.15) is 33.8 Å². The number of carbonyl (C=O) groups is 1. The van der Waals surface area contributed by atoms with Crippen LogP contribution in [0.25, 0.3) is 16.9 Å². The average molecular weight is 429 g/mol. The molecule has 0 unspecified atom stereocenters. The van der Waals surface area contributed by atoms with Crippen LogP contribution in [0.5, 0.6) is 0 Å². The van der Waals surface area contributed by atoms with Crippen LogP contribution < -0.4 is 0 Å². The van der Waals surface area contributed by atoms with E-state index in [1.54, 1.807) is 54.0 Å². The fraction of sp³-hybridized carbons (Fsp3) is 0.136. The summed E-state index contributed by atoms with van der Waals surface area (Å²) in [6, 6.07) is 10.9. The molecule has 5 aromatic rings. The van der Waals surface area contributed by atoms with Crippen molar-refractivity contribution in [1.82, 2.24) is 34.6 Å². The summed E-state index contributed by atoms with van der Waals surface area (Å²) in [4.78, 5) is 31.6. The van der Waals surface area contributed by atoms with Gasteiger partial charge in [-0.05, 0) is 30.3 Å². The number of benzene rings is 1. The first-order chi connectivity index (χ1) is 15.7. The molecule has 1 N–H and O–H groups in total. The van der Waals surface area contributed by atoms with Gasteiger partial charge < -0.3 is 14.3 Å². The number of oxazole rings is 1. The minimum Gasteiger partial charge on any atom is -0.435 e. The third kappa shape index (κ3) is 2.80. The van der Waals surface area contributed by atoms with Crippen molar-refractivity contribution >= 4 is 17.0 Å². The number of aromatic amines is 1. The van der Waals surface area contributed by atoms with E-state index < -0.39 is 11.9 Å². The molecule has 0 spiro atoms. The van der Waals surface area contributed by atoms with Gasteiger partial charge in [-0.25, -0.2) is 24.0 Å². The zero-order chi connectivity index (χ0) is 21.7. The summed E-state index contributed by atoms with van der Waals surface area (Å²) in [5.41, 5.74) is 2.29. The van der Waals surface area contributed by atoms with Gasteiger partial charge in [-0.2, -0.15) is 5.10 Å². The van der Waals surface area contributed by atoms with Crippen molar-refractivity contribution in [1.29, 1.82) is 0 Å². The molecule has 4 aromatic heterocycles. The smallest absolute Gasteiger partial charge is 0.273 e. The lowest BCUT2D eigenvalue weighted by Crippen LogP contribution is -2.41. The van der Waals surface area contributed by atoms with E-state index in [1.807, 2.05) is 6.07 Å². The third-order valence-corrected chi connectivity index (χ3v) is 5.53. The Labute approximate surface area is 180 Å². The number of para-hydroxylation sites is 1. The number of nitrogens with zero attached hydrogens (tertiary/aromatic N) is 6. The Bertz CT molecular complexity index is 1440. The van der Waals surface area contributed by atoms with Crippen molar-refractivity contribution in [2.24, 2.45) is 0 Å². The van der Waals surface area contributed by atoms with Gasteiger partial charge in [0.1, 0.15) is 11.2 Å². The van der Waals surface area contributed by atoms with E-state index in [9.17, 15) is 9.18 Å². The zero-order valence-electron chi connectivity index (χ0n) is 16.6. The van der Waals surface area contributed by atoms with Crippen LogP contribution in [0.4, 0.5) is 4.39 Å². The monoisotopic (exact) mass is 429 g/mol. The van der Waals surface area contributed by atoms with Gasteiger partial charge in [-0.1, -0.05) is 12.1 Å². The molecular weight excluding hydrogens is 413 g/mol. The van der Waals surface area contributed by atoms with Crippen LogP contribution in [0.3, 0.4) is 0 Å². The quantitative estimate of drug-likeness (QED) is 0.473. The van der Waals surface area contributed by atoms with E-state index >= 15 is 0 Å². The molecule has 1 aliphatic heterocycles. The lowest BCUT2D eigenvalue weighted by molar-refractivity contribution is 0.0658. The van der Waals surface area contributed by atoms with Crippen molar-refractivity contribution < 1.29 is 13.6 Å². The van der Waals surface area contributed by atoms with Crippen LogP contribution in [-0.4, -0.2) is 47.1 Å². The minimum atomic E-state index is -0.712. The van der Waals surface area contributed by atoms with Crippen LogP contribution >= 0.6 is 0 Å². The number of carbonyl (C=O) groups excluding carboxylic acids is 1. The Balaban J connectivity index is 1.46. The summed E-state index contributed by atoms with van der Waals surface area (Å²) < 4.78 is 21.6. The molecule has 1 amide bonds. The molecule has 1 atom stereocenters. The number of pyridine rings is 1. The number of halogens is 1. The normalized spacial score (nSPS) is 15.8. The molecule has 6 rings (SSSR count). The number of rotatable bonds is 3. The Morgan fingerprint density at radius 1 is 1.12 bits per heavy atom. The van der Waals surface area contributed by atoms with Crippen LogP contribution in [-0.2, 0) is 6.42 Å². The Morgan fingerprint density at radius 3 is 2.91 bits per heavy atom. The number of hydrogen-bond acceptors (Lipinski definition) is 6. The first-order valence-corrected chi connectivity index (χ1v) is 10.0. The highest BCUT2D eigenvalue weighted by Crippen LogP contribution is 2.36. The summed E-state index contributed by atoms with van der Waals surface area (Å²) in [6.45, 7) is 0.396. The molecule has 32 heavy (non-hydrogen) atoms. The van der Waals surface area contributed by atoms with Crippen molar-refractivity contribution in [3.63, 3.8) is 0 Å². The van der Waals surface area contributed by atoms with Gasteiger partial charge in [0.15, 0.2) is 23.3 Å². The first kappa shape index (κ1) is 18.4. The maximum Gasteiger partial charge on any atom is 0.273 e. The predicted molar refractivity (Wildman–Crippen MR) is 110 cm³/mol. The summed E-state index contributed by atoms with van der Waals surface area (Å²) in [5.74, 6) is -0.0610. The lowest BCUT2D eigenvalue weighted by Gasteiger charge is -2.33. The maximum atomic E-state index is 14.3. The lowest BCUT2D eigenvalue weighted by atomic mass is 10.0. The second-order valence-electron chi connectivity index (χ2n) is 7.37. The number of aromatic nitrogens is 6. The number of imidazole rings is 1. The summed E-state index contributed by atoms with van der Waals surface area (Å²) in [7, 11) is 0. The van der Waals surface area contributed by atoms with E-state index in [2.05, 4.69) is 25.0 Å². The zero-order valence-corrected chi connectivity index (χ0v) is 16.6. The first-order valence-electron chi connectivity index (χ1n) is 10.0. The number of H-pyrrole nitrogens is 1. The van der Waals surface area contributed by atoms with Gasteiger partial charge in [0.05, 0.1) is 18.2 Å². The topological polar surface area (TPSA) is 106 Å². The molecule has 9 nitrogen and oxygen atoms in total. The SMILES string of the molecule is O=C(c1ccnn1-c1ccccn1)N1CCc2[nH]cnc2[C@H]1c1nc2cccc(F)c2o1. The molecule has 0 radical (unpaired) electrons. The number of fused-ring (bicyclic) bond motifs is 2. The Hall–Kier alpha value is -4.34. The fourth-order valence-corrected chi connectivity index (χ4v) is 4.07. The van der Waals surface area contributed by atoms with Crippen molar-refractivity contribution in [3.05, 3.63) is 90.0 Å². The molecule has 0 saturated heterocycles. The minimum absolute atomic E-state index is 0.0519. The summed E-state index contributed by atoms with van der Waals surface area (Å²) >= 11 is 0. The van der Waals surface area contributed by atoms with E-state index in [-0.39, 0.29) is 17.4 Å². The van der Waals surface area contributed by atoms with Gasteiger partial charge in [0.25, 0.3) is 5.91 Å². The van der Waals surface area contributed by atoms with Crippen molar-refractivity contribution in [2.75, 3.05) is 6.54 Å². The average Bonchev–Trinajstić information content (AvgIpc) is 3.58. The van der Waals surface area contributed by atoms with Gasteiger partial charge in [-0.3, -0.25) is 4.79 Å². The Kier molecular flexibility index (Phi) is 4.10. The van der Waals surface area contributed by atoms with Gasteiger partial charge in [-0.15, -0.1) is 0 Å². The predicted octanol–water partition coefficient (Wildman–Crippen LogP) is 3.06. The van der Waals surface area contributed by atoms with Gasteiger partial charge >= 0.3 is 0 Å². The van der Waals surface area contributed by atoms with Gasteiger partial charge in [0.2, 0.25) is 5.89 Å². The fourth-order valence-electron chi connectivity index (χ4n) is 4.07. The van der Waals surface area contributed by atoms with E-state index in [0.717, 1.165) is 5.69 Å². The molecule has 0 saturated carbocycles. The molecular formula is C22H16FN7O2. The van der Waals surface area contributed by atoms with E-state index in [4.69, 9.17) is 4.42 Å². The second kappa shape index (κ2) is 7.12. The van der Waals surface area contributed by atoms with Crippen molar-refractivity contribution in [2.45, 2.75) is 12.5 Å². The van der Waals surface area contributed by atoms with Crippen LogP contribution in [0, 0.1) is 5.82 Å². The molecule has 5 heterocycles. The Morgan fingerprint density at radius 2 is 2.06 bits per heavy atom. The van der Waals surface area contributed by atoms with Gasteiger partial charge in [0, 0.05) is 24.9 Å². The molecule has 158 valence electrons. The molecule has 1 aromatic carbocycles. The standard InChI is InChI=1S/C22H16FN7O2/c23-13-4-3-5-15-20(13)32-21(28-15)19-18-14(25-12-26-18)8-11-29(19)22(31)16-7-10-27-30(16)17-6-1-2-9-24-17/h1-7,9-10,12,19H,8,11H2,(H,25,26)/t19-/m0/s1. The summed E-state index contributed by atoms with van der Waals surface area (Å²) in [5, 5.41) is 4.28. The highest BCUT2D eigenvalue weighted by Gasteiger charge is 2.39. The highest BCUT2D eigenvalue weighted by molar-refractivity contribution is 5.93. The molecule has 0 bridgehead atoms. The van der Waals surface area contributed by atoms with E-state index in [1.165, 1.54) is 10.7 Å². The molecule has 10 heteroatoms. The molecule has 1 aliphatic rings. The van der Waals surface area contributed by atoms with E-state index in [0.29, 0.717) is 35.7 Å². The van der Waals surface area contributed by atoms with Crippen molar-refractivity contribution in [3.8, 4) is 5.82 Å². The number of nitrogens with one attached hydrogen (secondary N) is 1. The molecule has 0 aliphatic carbocycles. The second-order valence-corrected chi connectivity index (χ2v) is 7.37. The maximum absolute atomic E-state index is 14.3. The van der Waals surface area contributed by atoms with Crippen LogP contribution in [0.2, 0.25) is 0 Å².